The summed E-state index contributed by atoms with van der Waals surface area (Å²) in [5.41, 5.74) is 2.33. The van der Waals surface area contributed by atoms with Crippen molar-refractivity contribution in [2.45, 2.75) is 19.3 Å². The van der Waals surface area contributed by atoms with Crippen molar-refractivity contribution < 1.29 is 4.39 Å². The molecular weight excluding hydrogens is 241 g/mol. The van der Waals surface area contributed by atoms with Crippen LogP contribution in [0, 0.1) is 5.82 Å². The molecule has 3 rings (SSSR count). The third-order valence-corrected chi connectivity index (χ3v) is 3.51. The van der Waals surface area contributed by atoms with E-state index in [0.29, 0.717) is 5.69 Å². The minimum Gasteiger partial charge on any atom is -0.372 e. The van der Waals surface area contributed by atoms with Gasteiger partial charge in [-0.15, -0.1) is 0 Å². The number of aromatic nitrogens is 2. The van der Waals surface area contributed by atoms with Crippen molar-refractivity contribution in [3.8, 4) is 11.3 Å². The SMILES string of the molecule is Fc1cncnc1-c1cccc(N2CCCCC2)c1. The number of anilines is 1. The first-order chi connectivity index (χ1) is 9.34. The summed E-state index contributed by atoms with van der Waals surface area (Å²) in [7, 11) is 0. The molecule has 1 saturated heterocycles. The lowest BCUT2D eigenvalue weighted by Gasteiger charge is -2.29. The second-order valence-corrected chi connectivity index (χ2v) is 4.82. The molecule has 19 heavy (non-hydrogen) atoms. The molecule has 1 aromatic heterocycles. The second-order valence-electron chi connectivity index (χ2n) is 4.82. The summed E-state index contributed by atoms with van der Waals surface area (Å²) < 4.78 is 13.7. The Morgan fingerprint density at radius 2 is 1.95 bits per heavy atom. The van der Waals surface area contributed by atoms with E-state index in [4.69, 9.17) is 0 Å². The Labute approximate surface area is 112 Å². The van der Waals surface area contributed by atoms with Crippen molar-refractivity contribution in [1.82, 2.24) is 9.97 Å². The van der Waals surface area contributed by atoms with Crippen LogP contribution in [0.1, 0.15) is 19.3 Å². The maximum absolute atomic E-state index is 13.7. The van der Waals surface area contributed by atoms with Crippen LogP contribution in [0.3, 0.4) is 0 Å². The summed E-state index contributed by atoms with van der Waals surface area (Å²) in [4.78, 5) is 10.1. The predicted molar refractivity (Wildman–Crippen MR) is 73.5 cm³/mol. The van der Waals surface area contributed by atoms with Gasteiger partial charge in [0, 0.05) is 24.3 Å². The fourth-order valence-electron chi connectivity index (χ4n) is 2.53. The zero-order valence-electron chi connectivity index (χ0n) is 10.7. The summed E-state index contributed by atoms with van der Waals surface area (Å²) >= 11 is 0. The lowest BCUT2D eigenvalue weighted by atomic mass is 10.1. The Morgan fingerprint density at radius 3 is 2.74 bits per heavy atom. The molecule has 98 valence electrons. The molecule has 4 heteroatoms. The van der Waals surface area contributed by atoms with E-state index < -0.39 is 0 Å². The van der Waals surface area contributed by atoms with Crippen molar-refractivity contribution in [3.63, 3.8) is 0 Å². The van der Waals surface area contributed by atoms with Gasteiger partial charge in [0.15, 0.2) is 5.82 Å². The number of benzene rings is 1. The topological polar surface area (TPSA) is 29.0 Å². The van der Waals surface area contributed by atoms with Gasteiger partial charge in [0.25, 0.3) is 0 Å². The number of rotatable bonds is 2. The van der Waals surface area contributed by atoms with Crippen molar-refractivity contribution in [1.29, 1.82) is 0 Å². The van der Waals surface area contributed by atoms with Gasteiger partial charge in [-0.25, -0.2) is 14.4 Å². The van der Waals surface area contributed by atoms with E-state index in [9.17, 15) is 4.39 Å². The Morgan fingerprint density at radius 1 is 1.11 bits per heavy atom. The number of halogens is 1. The highest BCUT2D eigenvalue weighted by molar-refractivity contribution is 5.65. The van der Waals surface area contributed by atoms with Gasteiger partial charge in [0.05, 0.1) is 6.20 Å². The van der Waals surface area contributed by atoms with Crippen molar-refractivity contribution in [3.05, 3.63) is 42.6 Å². The molecule has 0 saturated carbocycles. The first kappa shape index (κ1) is 12.1. The molecule has 3 nitrogen and oxygen atoms in total. The van der Waals surface area contributed by atoms with E-state index in [2.05, 4.69) is 20.9 Å². The molecule has 0 N–H and O–H groups in total. The molecule has 2 aromatic rings. The van der Waals surface area contributed by atoms with Crippen LogP contribution in [-0.2, 0) is 0 Å². The van der Waals surface area contributed by atoms with Crippen LogP contribution >= 0.6 is 0 Å². The van der Waals surface area contributed by atoms with Crippen molar-refractivity contribution >= 4 is 5.69 Å². The van der Waals surface area contributed by atoms with Crippen LogP contribution in [-0.4, -0.2) is 23.1 Å². The number of piperidine rings is 1. The quantitative estimate of drug-likeness (QED) is 0.826. The number of hydrogen-bond donors (Lipinski definition) is 0. The van der Waals surface area contributed by atoms with E-state index in [1.807, 2.05) is 18.2 Å². The van der Waals surface area contributed by atoms with Gasteiger partial charge in [-0.05, 0) is 31.4 Å². The van der Waals surface area contributed by atoms with Crippen LogP contribution in [0.5, 0.6) is 0 Å². The zero-order chi connectivity index (χ0) is 13.1. The predicted octanol–water partition coefficient (Wildman–Crippen LogP) is 3.27. The van der Waals surface area contributed by atoms with E-state index in [-0.39, 0.29) is 5.82 Å². The average Bonchev–Trinajstić information content (AvgIpc) is 2.49. The molecule has 1 fully saturated rings. The van der Waals surface area contributed by atoms with Crippen LogP contribution in [0.25, 0.3) is 11.3 Å². The molecule has 0 unspecified atom stereocenters. The highest BCUT2D eigenvalue weighted by atomic mass is 19.1. The molecule has 0 radical (unpaired) electrons. The van der Waals surface area contributed by atoms with E-state index in [0.717, 1.165) is 24.3 Å². The van der Waals surface area contributed by atoms with Gasteiger partial charge in [-0.3, -0.25) is 0 Å². The lowest BCUT2D eigenvalue weighted by molar-refractivity contribution is 0.578. The molecule has 0 spiro atoms. The Hall–Kier alpha value is -1.97. The maximum Gasteiger partial charge on any atom is 0.167 e. The first-order valence-corrected chi connectivity index (χ1v) is 6.65. The summed E-state index contributed by atoms with van der Waals surface area (Å²) in [5.74, 6) is -0.377. The summed E-state index contributed by atoms with van der Waals surface area (Å²) in [6.07, 6.45) is 6.34. The van der Waals surface area contributed by atoms with Gasteiger partial charge >= 0.3 is 0 Å². The normalized spacial score (nSPS) is 15.5. The molecule has 0 amide bonds. The average molecular weight is 257 g/mol. The third kappa shape index (κ3) is 2.57. The first-order valence-electron chi connectivity index (χ1n) is 6.65. The van der Waals surface area contributed by atoms with Crippen molar-refractivity contribution in [2.75, 3.05) is 18.0 Å². The molecular formula is C15H16FN3. The fourth-order valence-corrected chi connectivity index (χ4v) is 2.53. The Balaban J connectivity index is 1.93. The summed E-state index contributed by atoms with van der Waals surface area (Å²) in [6, 6.07) is 7.93. The molecule has 1 aliphatic heterocycles. The molecule has 1 aliphatic rings. The van der Waals surface area contributed by atoms with Gasteiger partial charge in [-0.1, -0.05) is 12.1 Å². The molecule has 2 heterocycles. The lowest BCUT2D eigenvalue weighted by Crippen LogP contribution is -2.29. The standard InChI is InChI=1S/C15H16FN3/c16-14-10-17-11-18-15(14)12-5-4-6-13(9-12)19-7-2-1-3-8-19/h4-6,9-11H,1-3,7-8H2. The van der Waals surface area contributed by atoms with Crippen LogP contribution in [0.15, 0.2) is 36.8 Å². The van der Waals surface area contributed by atoms with E-state index >= 15 is 0 Å². The Kier molecular flexibility index (Phi) is 3.40. The minimum absolute atomic E-state index is 0.369. The molecule has 0 aliphatic carbocycles. The largest absolute Gasteiger partial charge is 0.372 e. The van der Waals surface area contributed by atoms with Gasteiger partial charge in [-0.2, -0.15) is 0 Å². The number of hydrogen-bond acceptors (Lipinski definition) is 3. The van der Waals surface area contributed by atoms with Crippen LogP contribution in [0.2, 0.25) is 0 Å². The van der Waals surface area contributed by atoms with Gasteiger partial charge in [0.1, 0.15) is 12.0 Å². The molecule has 1 aromatic carbocycles. The van der Waals surface area contributed by atoms with Crippen molar-refractivity contribution in [2.24, 2.45) is 0 Å². The highest BCUT2D eigenvalue weighted by Crippen LogP contribution is 2.26. The summed E-state index contributed by atoms with van der Waals surface area (Å²) in [6.45, 7) is 2.16. The Bertz CT molecular complexity index is 565. The minimum atomic E-state index is -0.377. The second kappa shape index (κ2) is 5.34. The van der Waals surface area contributed by atoms with Gasteiger partial charge in [0.2, 0.25) is 0 Å². The number of nitrogens with zero attached hydrogens (tertiary/aromatic N) is 3. The van der Waals surface area contributed by atoms with E-state index in [1.165, 1.54) is 31.8 Å². The van der Waals surface area contributed by atoms with Gasteiger partial charge < -0.3 is 4.90 Å². The molecule has 0 bridgehead atoms. The monoisotopic (exact) mass is 257 g/mol. The van der Waals surface area contributed by atoms with Crippen LogP contribution in [0.4, 0.5) is 10.1 Å². The summed E-state index contributed by atoms with van der Waals surface area (Å²) in [5, 5.41) is 0. The zero-order valence-corrected chi connectivity index (χ0v) is 10.7. The van der Waals surface area contributed by atoms with Crippen LogP contribution < -0.4 is 4.90 Å². The third-order valence-electron chi connectivity index (χ3n) is 3.51. The van der Waals surface area contributed by atoms with E-state index in [1.54, 1.807) is 0 Å². The smallest absolute Gasteiger partial charge is 0.167 e. The maximum atomic E-state index is 13.7. The molecule has 0 atom stereocenters. The highest BCUT2D eigenvalue weighted by Gasteiger charge is 2.13. The fraction of sp³-hybridized carbons (Fsp3) is 0.333.